The maximum absolute atomic E-state index is 13.8. The van der Waals surface area contributed by atoms with Gasteiger partial charge in [0.1, 0.15) is 17.8 Å². The molecular formula is C14H11FN4O2. The Morgan fingerprint density at radius 2 is 2.05 bits per heavy atom. The lowest BCUT2D eigenvalue weighted by atomic mass is 10.3. The number of carboxylic acid groups (broad SMARTS) is 1. The van der Waals surface area contributed by atoms with Crippen molar-refractivity contribution in [1.29, 1.82) is 0 Å². The Morgan fingerprint density at radius 1 is 1.24 bits per heavy atom. The van der Waals surface area contributed by atoms with Crippen LogP contribution in [0.15, 0.2) is 48.9 Å². The first-order chi connectivity index (χ1) is 10.2. The van der Waals surface area contributed by atoms with Crippen LogP contribution in [0, 0.1) is 5.82 Å². The van der Waals surface area contributed by atoms with Crippen LogP contribution in [0.2, 0.25) is 0 Å². The lowest BCUT2D eigenvalue weighted by Crippen LogP contribution is -2.12. The molecule has 2 aromatic heterocycles. The van der Waals surface area contributed by atoms with Crippen molar-refractivity contribution >= 4 is 5.97 Å². The van der Waals surface area contributed by atoms with Gasteiger partial charge in [0.15, 0.2) is 5.82 Å². The fraction of sp³-hybridized carbons (Fsp3) is 0.0714. The molecule has 0 fully saturated rings. The van der Waals surface area contributed by atoms with E-state index >= 15 is 0 Å². The first-order valence-corrected chi connectivity index (χ1v) is 6.19. The average molecular weight is 286 g/mol. The van der Waals surface area contributed by atoms with Crippen LogP contribution in [0.3, 0.4) is 0 Å². The lowest BCUT2D eigenvalue weighted by molar-refractivity contribution is 0.0685. The third kappa shape index (κ3) is 2.40. The van der Waals surface area contributed by atoms with E-state index in [9.17, 15) is 9.18 Å². The molecule has 1 N–H and O–H groups in total. The summed E-state index contributed by atoms with van der Waals surface area (Å²) in [6, 6.07) is 9.38. The number of hydrogen-bond acceptors (Lipinski definition) is 3. The minimum Gasteiger partial charge on any atom is -0.477 e. The highest BCUT2D eigenvalue weighted by atomic mass is 19.1. The predicted molar refractivity (Wildman–Crippen MR) is 71.8 cm³/mol. The minimum absolute atomic E-state index is 0.137. The van der Waals surface area contributed by atoms with E-state index in [1.54, 1.807) is 30.5 Å². The standard InChI is InChI=1S/C14H11FN4O2/c15-10-4-1-2-5-11(10)19-9-16-17-13(19)8-18-7-3-6-12(18)14(20)21/h1-7,9H,8H2,(H,20,21). The molecule has 7 heteroatoms. The maximum Gasteiger partial charge on any atom is 0.352 e. The van der Waals surface area contributed by atoms with Crippen LogP contribution in [0.5, 0.6) is 0 Å². The van der Waals surface area contributed by atoms with Gasteiger partial charge in [-0.3, -0.25) is 4.57 Å². The number of benzene rings is 1. The lowest BCUT2D eigenvalue weighted by Gasteiger charge is -2.09. The normalized spacial score (nSPS) is 10.7. The van der Waals surface area contributed by atoms with Gasteiger partial charge in [-0.15, -0.1) is 10.2 Å². The third-order valence-electron chi connectivity index (χ3n) is 3.09. The summed E-state index contributed by atoms with van der Waals surface area (Å²) < 4.78 is 16.9. The molecule has 0 radical (unpaired) electrons. The number of hydrogen-bond donors (Lipinski definition) is 1. The summed E-state index contributed by atoms with van der Waals surface area (Å²) in [6.07, 6.45) is 3.03. The molecule has 0 bridgehead atoms. The zero-order valence-electron chi connectivity index (χ0n) is 10.8. The summed E-state index contributed by atoms with van der Waals surface area (Å²) in [5, 5.41) is 16.8. The smallest absolute Gasteiger partial charge is 0.352 e. The quantitative estimate of drug-likeness (QED) is 0.795. The summed E-state index contributed by atoms with van der Waals surface area (Å²) >= 11 is 0. The van der Waals surface area contributed by atoms with Gasteiger partial charge in [-0.25, -0.2) is 9.18 Å². The number of para-hydroxylation sites is 1. The molecule has 0 aliphatic rings. The van der Waals surface area contributed by atoms with Gasteiger partial charge in [0.25, 0.3) is 0 Å². The second kappa shape index (κ2) is 5.20. The van der Waals surface area contributed by atoms with Crippen molar-refractivity contribution in [2.45, 2.75) is 6.54 Å². The summed E-state index contributed by atoms with van der Waals surface area (Å²) in [4.78, 5) is 11.1. The molecule has 0 aliphatic carbocycles. The van der Waals surface area contributed by atoms with Crippen LogP contribution in [0.1, 0.15) is 16.3 Å². The Kier molecular flexibility index (Phi) is 3.23. The van der Waals surface area contributed by atoms with Crippen LogP contribution in [-0.2, 0) is 6.54 Å². The van der Waals surface area contributed by atoms with Gasteiger partial charge in [-0.2, -0.15) is 0 Å². The molecule has 1 aromatic carbocycles. The van der Waals surface area contributed by atoms with Crippen LogP contribution in [0.4, 0.5) is 4.39 Å². The molecule has 3 rings (SSSR count). The van der Waals surface area contributed by atoms with Gasteiger partial charge < -0.3 is 9.67 Å². The van der Waals surface area contributed by atoms with Crippen molar-refractivity contribution in [3.63, 3.8) is 0 Å². The molecule has 0 unspecified atom stereocenters. The van der Waals surface area contributed by atoms with E-state index in [0.29, 0.717) is 11.5 Å². The third-order valence-corrected chi connectivity index (χ3v) is 3.09. The Bertz CT molecular complexity index is 794. The van der Waals surface area contributed by atoms with E-state index in [4.69, 9.17) is 5.11 Å². The SMILES string of the molecule is O=C(O)c1cccn1Cc1nncn1-c1ccccc1F. The maximum atomic E-state index is 13.8. The molecule has 0 saturated heterocycles. The predicted octanol–water partition coefficient (Wildman–Crippen LogP) is 1.95. The topological polar surface area (TPSA) is 72.9 Å². The largest absolute Gasteiger partial charge is 0.477 e. The Hall–Kier alpha value is -2.96. The first-order valence-electron chi connectivity index (χ1n) is 6.19. The van der Waals surface area contributed by atoms with E-state index in [2.05, 4.69) is 10.2 Å². The molecule has 0 spiro atoms. The van der Waals surface area contributed by atoms with Crippen molar-refractivity contribution in [2.75, 3.05) is 0 Å². The van der Waals surface area contributed by atoms with Gasteiger partial charge in [0.05, 0.1) is 12.2 Å². The van der Waals surface area contributed by atoms with Crippen LogP contribution in [-0.4, -0.2) is 30.4 Å². The van der Waals surface area contributed by atoms with Gasteiger partial charge >= 0.3 is 5.97 Å². The molecule has 0 saturated carbocycles. The molecule has 106 valence electrons. The average Bonchev–Trinajstić information content (AvgIpc) is 3.09. The van der Waals surface area contributed by atoms with E-state index in [1.807, 2.05) is 0 Å². The second-order valence-corrected chi connectivity index (χ2v) is 4.40. The van der Waals surface area contributed by atoms with Crippen molar-refractivity contribution in [3.05, 3.63) is 66.3 Å². The van der Waals surface area contributed by atoms with Crippen LogP contribution in [0.25, 0.3) is 5.69 Å². The van der Waals surface area contributed by atoms with Gasteiger partial charge in [-0.1, -0.05) is 12.1 Å². The number of carbonyl (C=O) groups is 1. The van der Waals surface area contributed by atoms with E-state index < -0.39 is 11.8 Å². The highest BCUT2D eigenvalue weighted by Crippen LogP contribution is 2.15. The Labute approximate surface area is 119 Å². The zero-order chi connectivity index (χ0) is 14.8. The fourth-order valence-electron chi connectivity index (χ4n) is 2.11. The Morgan fingerprint density at radius 3 is 2.81 bits per heavy atom. The first kappa shape index (κ1) is 13.0. The molecule has 0 amide bonds. The highest BCUT2D eigenvalue weighted by Gasteiger charge is 2.14. The van der Waals surface area contributed by atoms with Crippen molar-refractivity contribution < 1.29 is 14.3 Å². The second-order valence-electron chi connectivity index (χ2n) is 4.40. The van der Waals surface area contributed by atoms with Crippen LogP contribution >= 0.6 is 0 Å². The molecule has 6 nitrogen and oxygen atoms in total. The summed E-state index contributed by atoms with van der Waals surface area (Å²) in [5.74, 6) is -0.986. The number of nitrogens with zero attached hydrogens (tertiary/aromatic N) is 4. The number of aromatic carboxylic acids is 1. The summed E-state index contributed by atoms with van der Waals surface area (Å²) in [6.45, 7) is 0.183. The Balaban J connectivity index is 1.99. The fourth-order valence-corrected chi connectivity index (χ4v) is 2.11. The molecular weight excluding hydrogens is 275 g/mol. The van der Waals surface area contributed by atoms with Gasteiger partial charge in [0.2, 0.25) is 0 Å². The molecule has 3 aromatic rings. The molecule has 2 heterocycles. The minimum atomic E-state index is -1.03. The molecule has 0 aliphatic heterocycles. The van der Waals surface area contributed by atoms with Crippen molar-refractivity contribution in [2.24, 2.45) is 0 Å². The summed E-state index contributed by atoms with van der Waals surface area (Å²) in [7, 11) is 0. The summed E-state index contributed by atoms with van der Waals surface area (Å²) in [5.41, 5.74) is 0.458. The number of halogens is 1. The van der Waals surface area contributed by atoms with Gasteiger partial charge in [-0.05, 0) is 24.3 Å². The van der Waals surface area contributed by atoms with Crippen molar-refractivity contribution in [1.82, 2.24) is 19.3 Å². The van der Waals surface area contributed by atoms with E-state index in [-0.39, 0.29) is 12.2 Å². The van der Waals surface area contributed by atoms with Gasteiger partial charge in [0, 0.05) is 6.20 Å². The number of rotatable bonds is 4. The van der Waals surface area contributed by atoms with E-state index in [0.717, 1.165) is 0 Å². The van der Waals surface area contributed by atoms with E-state index in [1.165, 1.54) is 27.6 Å². The number of aromatic nitrogens is 4. The molecule has 21 heavy (non-hydrogen) atoms. The number of carboxylic acids is 1. The monoisotopic (exact) mass is 286 g/mol. The van der Waals surface area contributed by atoms with Crippen molar-refractivity contribution in [3.8, 4) is 5.69 Å². The zero-order valence-corrected chi connectivity index (χ0v) is 10.8. The van der Waals surface area contributed by atoms with Crippen LogP contribution < -0.4 is 0 Å². The highest BCUT2D eigenvalue weighted by molar-refractivity contribution is 5.85. The molecule has 0 atom stereocenters.